The number of amidine groups is 1. The summed E-state index contributed by atoms with van der Waals surface area (Å²) in [5.41, 5.74) is 6.09. The maximum Gasteiger partial charge on any atom is 0.243 e. The number of rotatable bonds is 10. The monoisotopic (exact) mass is 422 g/mol. The quantitative estimate of drug-likeness (QED) is 0.314. The number of nitrogens with one attached hydrogen (secondary N) is 3. The third-order valence-corrected chi connectivity index (χ3v) is 5.66. The SMILES string of the molecule is CN(C)CCCC(=O)NCC(=O)N1CCCC1C(=O)NCc1cc(C(=N)N)cs1. The summed E-state index contributed by atoms with van der Waals surface area (Å²) in [5.74, 6) is -0.598. The fraction of sp³-hybridized carbons (Fsp3) is 0.579. The lowest BCUT2D eigenvalue weighted by atomic mass is 10.2. The van der Waals surface area contributed by atoms with E-state index < -0.39 is 6.04 Å². The van der Waals surface area contributed by atoms with E-state index in [1.165, 1.54) is 11.3 Å². The van der Waals surface area contributed by atoms with Gasteiger partial charge in [-0.25, -0.2) is 0 Å². The van der Waals surface area contributed by atoms with Gasteiger partial charge in [-0.2, -0.15) is 0 Å². The molecule has 2 heterocycles. The van der Waals surface area contributed by atoms with Gasteiger partial charge in [0.2, 0.25) is 17.7 Å². The predicted molar refractivity (Wildman–Crippen MR) is 113 cm³/mol. The van der Waals surface area contributed by atoms with Crippen molar-refractivity contribution in [3.63, 3.8) is 0 Å². The van der Waals surface area contributed by atoms with Gasteiger partial charge >= 0.3 is 0 Å². The molecule has 1 aliphatic rings. The van der Waals surface area contributed by atoms with E-state index in [1.54, 1.807) is 16.3 Å². The largest absolute Gasteiger partial charge is 0.384 e. The summed E-state index contributed by atoms with van der Waals surface area (Å²) in [5, 5.41) is 14.7. The third kappa shape index (κ3) is 7.13. The predicted octanol–water partition coefficient (Wildman–Crippen LogP) is 0.0974. The number of likely N-dealkylation sites (tertiary alicyclic amines) is 1. The normalized spacial score (nSPS) is 16.1. The van der Waals surface area contributed by atoms with Crippen LogP contribution in [0.5, 0.6) is 0 Å². The summed E-state index contributed by atoms with van der Waals surface area (Å²) in [4.78, 5) is 41.4. The Morgan fingerprint density at radius 1 is 1.34 bits per heavy atom. The number of nitrogens with two attached hydrogens (primary N) is 1. The molecule has 1 fully saturated rings. The highest BCUT2D eigenvalue weighted by atomic mass is 32.1. The van der Waals surface area contributed by atoms with Gasteiger partial charge in [0.15, 0.2) is 0 Å². The Kier molecular flexibility index (Phi) is 8.59. The second-order valence-electron chi connectivity index (χ2n) is 7.36. The average molecular weight is 423 g/mol. The molecule has 1 unspecified atom stereocenters. The van der Waals surface area contributed by atoms with E-state index in [9.17, 15) is 14.4 Å². The van der Waals surface area contributed by atoms with Crippen LogP contribution in [0.1, 0.15) is 36.1 Å². The number of hydrogen-bond donors (Lipinski definition) is 4. The minimum Gasteiger partial charge on any atom is -0.384 e. The Bertz CT molecular complexity index is 748. The van der Waals surface area contributed by atoms with Crippen LogP contribution in [-0.4, -0.2) is 73.1 Å². The van der Waals surface area contributed by atoms with Crippen LogP contribution >= 0.6 is 11.3 Å². The Balaban J connectivity index is 1.78. The molecule has 29 heavy (non-hydrogen) atoms. The number of hydrogen-bond acceptors (Lipinski definition) is 6. The molecule has 5 N–H and O–H groups in total. The minimum atomic E-state index is -0.514. The van der Waals surface area contributed by atoms with Crippen molar-refractivity contribution >= 4 is 34.9 Å². The van der Waals surface area contributed by atoms with E-state index >= 15 is 0 Å². The van der Waals surface area contributed by atoms with Gasteiger partial charge in [-0.05, 0) is 46.0 Å². The van der Waals surface area contributed by atoms with Gasteiger partial charge in [0.1, 0.15) is 11.9 Å². The van der Waals surface area contributed by atoms with E-state index in [4.69, 9.17) is 11.1 Å². The Labute approximate surface area is 175 Å². The molecule has 1 atom stereocenters. The summed E-state index contributed by atoms with van der Waals surface area (Å²) in [7, 11) is 3.89. The van der Waals surface area contributed by atoms with Gasteiger partial charge in [0.25, 0.3) is 0 Å². The van der Waals surface area contributed by atoms with Gasteiger partial charge < -0.3 is 26.2 Å². The van der Waals surface area contributed by atoms with Crippen molar-refractivity contribution in [3.8, 4) is 0 Å². The first-order valence-electron chi connectivity index (χ1n) is 9.68. The summed E-state index contributed by atoms with van der Waals surface area (Å²) in [6.07, 6.45) is 2.47. The summed E-state index contributed by atoms with van der Waals surface area (Å²) >= 11 is 1.42. The van der Waals surface area contributed by atoms with Crippen molar-refractivity contribution in [2.75, 3.05) is 33.7 Å². The fourth-order valence-corrected chi connectivity index (χ4v) is 3.99. The highest BCUT2D eigenvalue weighted by Crippen LogP contribution is 2.18. The van der Waals surface area contributed by atoms with E-state index in [-0.39, 0.29) is 30.1 Å². The third-order valence-electron chi connectivity index (χ3n) is 4.72. The Morgan fingerprint density at radius 3 is 2.76 bits per heavy atom. The molecule has 1 saturated heterocycles. The molecular weight excluding hydrogens is 392 g/mol. The molecular formula is C19H30N6O3S. The minimum absolute atomic E-state index is 0.00449. The number of carbonyl (C=O) groups excluding carboxylic acids is 3. The van der Waals surface area contributed by atoms with Crippen molar-refractivity contribution in [2.45, 2.75) is 38.3 Å². The molecule has 160 valence electrons. The van der Waals surface area contributed by atoms with E-state index in [2.05, 4.69) is 10.6 Å². The Morgan fingerprint density at radius 2 is 2.10 bits per heavy atom. The smallest absolute Gasteiger partial charge is 0.243 e. The van der Waals surface area contributed by atoms with Crippen molar-refractivity contribution in [1.82, 2.24) is 20.4 Å². The Hall–Kier alpha value is -2.46. The van der Waals surface area contributed by atoms with Crippen molar-refractivity contribution in [1.29, 1.82) is 5.41 Å². The number of nitrogen functional groups attached to an aromatic ring is 1. The van der Waals surface area contributed by atoms with Crippen LogP contribution in [0.3, 0.4) is 0 Å². The highest BCUT2D eigenvalue weighted by Gasteiger charge is 2.33. The molecule has 0 radical (unpaired) electrons. The van der Waals surface area contributed by atoms with Crippen molar-refractivity contribution in [2.24, 2.45) is 5.73 Å². The number of nitrogens with zero attached hydrogens (tertiary/aromatic N) is 2. The lowest BCUT2D eigenvalue weighted by Gasteiger charge is -2.24. The zero-order valence-corrected chi connectivity index (χ0v) is 17.8. The van der Waals surface area contributed by atoms with E-state index in [0.29, 0.717) is 31.5 Å². The van der Waals surface area contributed by atoms with Gasteiger partial charge in [-0.3, -0.25) is 19.8 Å². The second-order valence-corrected chi connectivity index (χ2v) is 8.36. The first kappa shape index (κ1) is 22.8. The number of thiophene rings is 1. The molecule has 1 aliphatic heterocycles. The second kappa shape index (κ2) is 10.9. The highest BCUT2D eigenvalue weighted by molar-refractivity contribution is 7.10. The van der Waals surface area contributed by atoms with E-state index in [1.807, 2.05) is 19.0 Å². The zero-order valence-electron chi connectivity index (χ0n) is 17.0. The summed E-state index contributed by atoms with van der Waals surface area (Å²) in [6.45, 7) is 1.57. The summed E-state index contributed by atoms with van der Waals surface area (Å²) in [6, 6.07) is 1.26. The van der Waals surface area contributed by atoms with Gasteiger partial charge in [0, 0.05) is 28.8 Å². The lowest BCUT2D eigenvalue weighted by molar-refractivity contribution is -0.138. The van der Waals surface area contributed by atoms with Crippen LogP contribution in [0, 0.1) is 5.41 Å². The molecule has 10 heteroatoms. The molecule has 0 saturated carbocycles. The first-order valence-corrected chi connectivity index (χ1v) is 10.6. The van der Waals surface area contributed by atoms with Crippen LogP contribution in [0.4, 0.5) is 0 Å². The van der Waals surface area contributed by atoms with Crippen molar-refractivity contribution < 1.29 is 14.4 Å². The fourth-order valence-electron chi connectivity index (χ4n) is 3.16. The molecule has 9 nitrogen and oxygen atoms in total. The molecule has 0 aromatic carbocycles. The molecule has 2 rings (SSSR count). The lowest BCUT2D eigenvalue weighted by Crippen LogP contribution is -2.48. The topological polar surface area (TPSA) is 132 Å². The molecule has 0 aliphatic carbocycles. The number of amides is 3. The average Bonchev–Trinajstić information content (AvgIpc) is 3.33. The van der Waals surface area contributed by atoms with E-state index in [0.717, 1.165) is 24.3 Å². The van der Waals surface area contributed by atoms with Gasteiger partial charge in [-0.1, -0.05) is 0 Å². The maximum atomic E-state index is 12.6. The standard InChI is InChI=1S/C19H30N6O3S/c1-24(2)7-4-6-16(26)22-11-17(27)25-8-3-5-15(25)19(28)23-10-14-9-13(12-29-14)18(20)21/h9,12,15H,3-8,10-11H2,1-2H3,(H3,20,21)(H,22,26)(H,23,28). The zero-order chi connectivity index (χ0) is 21.4. The van der Waals surface area contributed by atoms with Crippen LogP contribution in [0.25, 0.3) is 0 Å². The maximum absolute atomic E-state index is 12.6. The molecule has 1 aromatic rings. The summed E-state index contributed by atoms with van der Waals surface area (Å²) < 4.78 is 0. The van der Waals surface area contributed by atoms with Crippen LogP contribution in [-0.2, 0) is 20.9 Å². The van der Waals surface area contributed by atoms with Crippen LogP contribution in [0.15, 0.2) is 11.4 Å². The van der Waals surface area contributed by atoms with Crippen LogP contribution < -0.4 is 16.4 Å². The van der Waals surface area contributed by atoms with Crippen LogP contribution in [0.2, 0.25) is 0 Å². The first-order chi connectivity index (χ1) is 13.8. The van der Waals surface area contributed by atoms with Gasteiger partial charge in [-0.15, -0.1) is 11.3 Å². The number of carbonyl (C=O) groups is 3. The van der Waals surface area contributed by atoms with Crippen molar-refractivity contribution in [3.05, 3.63) is 21.9 Å². The molecule has 0 bridgehead atoms. The molecule has 0 spiro atoms. The molecule has 3 amide bonds. The van der Waals surface area contributed by atoms with Gasteiger partial charge in [0.05, 0.1) is 13.1 Å². The molecule has 1 aromatic heterocycles.